The number of hydrogen-bond donors (Lipinski definition) is 2. The minimum atomic E-state index is 0.874. The maximum absolute atomic E-state index is 4.73. The van der Waals surface area contributed by atoms with Gasteiger partial charge in [0, 0.05) is 52.6 Å². The highest BCUT2D eigenvalue weighted by atomic mass is 15.1. The van der Waals surface area contributed by atoms with Crippen molar-refractivity contribution in [1.29, 1.82) is 0 Å². The van der Waals surface area contributed by atoms with Crippen LogP contribution in [0.15, 0.2) is 79.4 Å². The van der Waals surface area contributed by atoms with Crippen LogP contribution in [0.25, 0.3) is 55.7 Å². The lowest BCUT2D eigenvalue weighted by molar-refractivity contribution is 0.220. The van der Waals surface area contributed by atoms with Gasteiger partial charge in [-0.2, -0.15) is 5.10 Å². The largest absolute Gasteiger partial charge is 0.353 e. The van der Waals surface area contributed by atoms with Crippen molar-refractivity contribution in [3.05, 3.63) is 84.9 Å². The molecule has 0 atom stereocenters. The van der Waals surface area contributed by atoms with Crippen LogP contribution in [-0.4, -0.2) is 48.1 Å². The van der Waals surface area contributed by atoms with Crippen LogP contribution in [0.3, 0.4) is 0 Å². The van der Waals surface area contributed by atoms with Crippen molar-refractivity contribution in [3.8, 4) is 33.9 Å². The molecular weight excluding hydrogens is 458 g/mol. The first-order valence-electron chi connectivity index (χ1n) is 12.9. The molecule has 0 unspecified atom stereocenters. The molecule has 1 fully saturated rings. The molecule has 0 saturated carbocycles. The first-order valence-corrected chi connectivity index (χ1v) is 12.9. The van der Waals surface area contributed by atoms with Crippen molar-refractivity contribution in [3.63, 3.8) is 0 Å². The zero-order valence-corrected chi connectivity index (χ0v) is 20.5. The molecule has 1 aromatic carbocycles. The Balaban J connectivity index is 1.26. The molecule has 6 aromatic rings. The van der Waals surface area contributed by atoms with Gasteiger partial charge in [-0.3, -0.25) is 25.0 Å². The third-order valence-corrected chi connectivity index (χ3v) is 7.25. The number of piperidine rings is 1. The number of aromatic nitrogens is 6. The molecule has 0 bridgehead atoms. The van der Waals surface area contributed by atoms with Crippen LogP contribution in [-0.2, 0) is 6.54 Å². The van der Waals surface area contributed by atoms with Crippen LogP contribution < -0.4 is 0 Å². The van der Waals surface area contributed by atoms with E-state index in [1.165, 1.54) is 37.9 Å². The third kappa shape index (κ3) is 4.17. The fourth-order valence-corrected chi connectivity index (χ4v) is 5.40. The van der Waals surface area contributed by atoms with E-state index in [1.54, 1.807) is 0 Å². The standard InChI is InChI=1S/C30H27N7/c1-4-11-37(12-5-1)19-20-13-21(17-31-16-20)27-15-24-29(18-33-27)35-36-30(24)28-14-23-22(7-6-9-26(23)34-28)25-8-2-3-10-32-25/h2-3,6-10,13-18,34H,1,4-5,11-12,19H2,(H,35,36). The summed E-state index contributed by atoms with van der Waals surface area (Å²) in [6, 6.07) is 18.7. The molecule has 37 heavy (non-hydrogen) atoms. The third-order valence-electron chi connectivity index (χ3n) is 7.25. The zero-order chi connectivity index (χ0) is 24.6. The summed E-state index contributed by atoms with van der Waals surface area (Å²) in [4.78, 5) is 19.9. The van der Waals surface area contributed by atoms with E-state index in [0.29, 0.717) is 0 Å². The Morgan fingerprint density at radius 1 is 0.784 bits per heavy atom. The van der Waals surface area contributed by atoms with Gasteiger partial charge in [0.25, 0.3) is 0 Å². The van der Waals surface area contributed by atoms with Crippen molar-refractivity contribution in [2.45, 2.75) is 25.8 Å². The fourth-order valence-electron chi connectivity index (χ4n) is 5.40. The first kappa shape index (κ1) is 21.9. The lowest BCUT2D eigenvalue weighted by atomic mass is 10.1. The number of benzene rings is 1. The average molecular weight is 486 g/mol. The molecule has 0 radical (unpaired) electrons. The van der Waals surface area contributed by atoms with Gasteiger partial charge in [0.05, 0.1) is 28.8 Å². The average Bonchev–Trinajstić information content (AvgIpc) is 3.58. The van der Waals surface area contributed by atoms with Crippen molar-refractivity contribution in [2.75, 3.05) is 13.1 Å². The van der Waals surface area contributed by atoms with Crippen LogP contribution in [0.4, 0.5) is 0 Å². The number of aromatic amines is 2. The predicted molar refractivity (Wildman–Crippen MR) is 147 cm³/mol. The van der Waals surface area contributed by atoms with Crippen LogP contribution in [0.5, 0.6) is 0 Å². The number of hydrogen-bond acceptors (Lipinski definition) is 5. The van der Waals surface area contributed by atoms with Gasteiger partial charge in [-0.05, 0) is 67.9 Å². The molecule has 6 heterocycles. The summed E-state index contributed by atoms with van der Waals surface area (Å²) in [5, 5.41) is 9.96. The number of nitrogens with zero attached hydrogens (tertiary/aromatic N) is 5. The molecule has 1 aliphatic rings. The molecular formula is C30H27N7. The summed E-state index contributed by atoms with van der Waals surface area (Å²) in [5.41, 5.74) is 8.99. The van der Waals surface area contributed by atoms with Crippen LogP contribution >= 0.6 is 0 Å². The van der Waals surface area contributed by atoms with Crippen molar-refractivity contribution >= 4 is 21.8 Å². The number of likely N-dealkylation sites (tertiary alicyclic amines) is 1. The van der Waals surface area contributed by atoms with Gasteiger partial charge in [0.2, 0.25) is 0 Å². The quantitative estimate of drug-likeness (QED) is 0.303. The molecule has 0 spiro atoms. The second-order valence-corrected chi connectivity index (χ2v) is 9.77. The summed E-state index contributed by atoms with van der Waals surface area (Å²) in [6.07, 6.45) is 11.5. The monoisotopic (exact) mass is 485 g/mol. The van der Waals surface area contributed by atoms with Gasteiger partial charge in [-0.15, -0.1) is 0 Å². The van der Waals surface area contributed by atoms with E-state index < -0.39 is 0 Å². The van der Waals surface area contributed by atoms with Crippen molar-refractivity contribution in [2.24, 2.45) is 0 Å². The van der Waals surface area contributed by atoms with E-state index in [-0.39, 0.29) is 0 Å². The molecule has 7 nitrogen and oxygen atoms in total. The number of rotatable bonds is 5. The number of pyridine rings is 3. The van der Waals surface area contributed by atoms with Crippen LogP contribution in [0, 0.1) is 0 Å². The van der Waals surface area contributed by atoms with Gasteiger partial charge in [0.15, 0.2) is 0 Å². The maximum atomic E-state index is 4.73. The minimum Gasteiger partial charge on any atom is -0.353 e. The second-order valence-electron chi connectivity index (χ2n) is 9.77. The van der Waals surface area contributed by atoms with Gasteiger partial charge in [0.1, 0.15) is 5.69 Å². The Morgan fingerprint density at radius 3 is 2.62 bits per heavy atom. The molecule has 1 saturated heterocycles. The van der Waals surface area contributed by atoms with E-state index in [0.717, 1.165) is 62.3 Å². The summed E-state index contributed by atoms with van der Waals surface area (Å²) in [7, 11) is 0. The second kappa shape index (κ2) is 9.26. The van der Waals surface area contributed by atoms with Crippen molar-refractivity contribution in [1.82, 2.24) is 35.0 Å². The molecule has 2 N–H and O–H groups in total. The van der Waals surface area contributed by atoms with E-state index in [2.05, 4.69) is 66.4 Å². The summed E-state index contributed by atoms with van der Waals surface area (Å²) >= 11 is 0. The van der Waals surface area contributed by atoms with E-state index >= 15 is 0 Å². The summed E-state index contributed by atoms with van der Waals surface area (Å²) < 4.78 is 0. The van der Waals surface area contributed by atoms with E-state index in [1.807, 2.05) is 43.0 Å². The molecule has 182 valence electrons. The van der Waals surface area contributed by atoms with Crippen molar-refractivity contribution < 1.29 is 0 Å². The molecule has 0 aliphatic carbocycles. The summed E-state index contributed by atoms with van der Waals surface area (Å²) in [6.45, 7) is 3.27. The summed E-state index contributed by atoms with van der Waals surface area (Å²) in [5.74, 6) is 0. The first-order chi connectivity index (χ1) is 18.3. The molecule has 1 aliphatic heterocycles. The molecule has 5 aromatic heterocycles. The zero-order valence-electron chi connectivity index (χ0n) is 20.5. The number of fused-ring (bicyclic) bond motifs is 2. The van der Waals surface area contributed by atoms with Crippen LogP contribution in [0.1, 0.15) is 24.8 Å². The fraction of sp³-hybridized carbons (Fsp3) is 0.200. The van der Waals surface area contributed by atoms with Gasteiger partial charge in [-0.25, -0.2) is 0 Å². The Labute approximate surface area is 214 Å². The van der Waals surface area contributed by atoms with Gasteiger partial charge >= 0.3 is 0 Å². The Bertz CT molecular complexity index is 1690. The molecule has 7 heteroatoms. The lowest BCUT2D eigenvalue weighted by Gasteiger charge is -2.26. The minimum absolute atomic E-state index is 0.874. The van der Waals surface area contributed by atoms with E-state index in [9.17, 15) is 0 Å². The normalized spacial score (nSPS) is 14.5. The smallest absolute Gasteiger partial charge is 0.116 e. The number of nitrogens with one attached hydrogen (secondary N) is 2. The highest BCUT2D eigenvalue weighted by Gasteiger charge is 2.16. The Morgan fingerprint density at radius 2 is 1.73 bits per heavy atom. The molecule has 0 amide bonds. The Kier molecular flexibility index (Phi) is 5.48. The SMILES string of the molecule is c1ccc(-c2cccc3[nH]c(-c4n[nH]c5cnc(-c6cncc(CN7CCCCC7)c6)cc45)cc23)nc1. The van der Waals surface area contributed by atoms with E-state index in [4.69, 9.17) is 4.98 Å². The lowest BCUT2D eigenvalue weighted by Crippen LogP contribution is -2.29. The predicted octanol–water partition coefficient (Wildman–Crippen LogP) is 6.22. The van der Waals surface area contributed by atoms with Crippen LogP contribution in [0.2, 0.25) is 0 Å². The Hall–Kier alpha value is -4.36. The van der Waals surface area contributed by atoms with Gasteiger partial charge < -0.3 is 4.98 Å². The highest BCUT2D eigenvalue weighted by Crippen LogP contribution is 2.34. The highest BCUT2D eigenvalue weighted by molar-refractivity contribution is 6.01. The maximum Gasteiger partial charge on any atom is 0.116 e. The molecule has 7 rings (SSSR count). The number of H-pyrrole nitrogens is 2. The topological polar surface area (TPSA) is 86.4 Å². The van der Waals surface area contributed by atoms with Gasteiger partial charge in [-0.1, -0.05) is 24.6 Å².